The van der Waals surface area contributed by atoms with Crippen molar-refractivity contribution in [1.82, 2.24) is 0 Å². The van der Waals surface area contributed by atoms with Crippen LogP contribution >= 0.6 is 0 Å². The first kappa shape index (κ1) is 76.8. The minimum atomic E-state index is -0.795. The normalized spacial score (nSPS) is 12.9. The van der Waals surface area contributed by atoms with Crippen LogP contribution in [0.15, 0.2) is 122 Å². The van der Waals surface area contributed by atoms with E-state index in [9.17, 15) is 14.4 Å². The second kappa shape index (κ2) is 68.3. The van der Waals surface area contributed by atoms with Gasteiger partial charge < -0.3 is 14.2 Å². The van der Waals surface area contributed by atoms with Crippen LogP contribution < -0.4 is 0 Å². The van der Waals surface area contributed by atoms with Gasteiger partial charge >= 0.3 is 17.9 Å². The molecule has 0 saturated carbocycles. The molecule has 1 atom stereocenters. The number of carbonyl (C=O) groups excluding carboxylic acids is 3. The summed E-state index contributed by atoms with van der Waals surface area (Å²) in [6.07, 6.45) is 94.9. The van der Waals surface area contributed by atoms with Gasteiger partial charge in [-0.25, -0.2) is 0 Å². The SMILES string of the molecule is CC/C=C\C/C=C\C/C=C\C/C=C\C/C=C\C/C=C\C/C=C\CCCCCCCCCCCC(=O)OCC(COC(=O)CCCCCCC/C=C\CCCCCCCCC)OC(=O)CCCCCCC/C=C\C/C=C\CCCCCC. The first-order valence-electron chi connectivity index (χ1n) is 34.0. The average molecular weight is 1120 g/mol. The van der Waals surface area contributed by atoms with E-state index in [1.54, 1.807) is 0 Å². The molecule has 0 fully saturated rings. The molecule has 0 spiro atoms. The van der Waals surface area contributed by atoms with Crippen molar-refractivity contribution in [2.24, 2.45) is 0 Å². The lowest BCUT2D eigenvalue weighted by molar-refractivity contribution is -0.167. The zero-order valence-electron chi connectivity index (χ0n) is 53.0. The van der Waals surface area contributed by atoms with Crippen molar-refractivity contribution < 1.29 is 28.6 Å². The van der Waals surface area contributed by atoms with Gasteiger partial charge in [0.2, 0.25) is 0 Å². The summed E-state index contributed by atoms with van der Waals surface area (Å²) < 4.78 is 16.9. The van der Waals surface area contributed by atoms with E-state index in [4.69, 9.17) is 14.2 Å². The van der Waals surface area contributed by atoms with Gasteiger partial charge in [-0.05, 0) is 135 Å². The molecule has 0 aromatic carbocycles. The molecular weight excluding hydrogens is 997 g/mol. The average Bonchev–Trinajstić information content (AvgIpc) is 3.47. The Hall–Kier alpha value is -4.19. The zero-order valence-corrected chi connectivity index (χ0v) is 53.0. The highest BCUT2D eigenvalue weighted by molar-refractivity contribution is 5.71. The van der Waals surface area contributed by atoms with Crippen molar-refractivity contribution in [2.75, 3.05) is 13.2 Å². The number of esters is 3. The van der Waals surface area contributed by atoms with Crippen molar-refractivity contribution in [3.63, 3.8) is 0 Å². The Balaban J connectivity index is 4.33. The molecule has 0 aliphatic rings. The lowest BCUT2D eigenvalue weighted by atomic mass is 10.1. The number of hydrogen-bond acceptors (Lipinski definition) is 6. The van der Waals surface area contributed by atoms with Gasteiger partial charge in [-0.3, -0.25) is 14.4 Å². The van der Waals surface area contributed by atoms with Crippen LogP contribution in [0.2, 0.25) is 0 Å². The Kier molecular flexibility index (Phi) is 64.8. The van der Waals surface area contributed by atoms with Crippen molar-refractivity contribution in [1.29, 1.82) is 0 Å². The molecule has 462 valence electrons. The van der Waals surface area contributed by atoms with Gasteiger partial charge in [0.05, 0.1) is 0 Å². The maximum atomic E-state index is 12.9. The number of allylic oxidation sites excluding steroid dienone is 20. The molecule has 0 heterocycles. The third-order valence-electron chi connectivity index (χ3n) is 14.4. The van der Waals surface area contributed by atoms with Crippen molar-refractivity contribution in [3.8, 4) is 0 Å². The quantitative estimate of drug-likeness (QED) is 0.0261. The van der Waals surface area contributed by atoms with Crippen LogP contribution in [-0.2, 0) is 28.6 Å². The number of unbranched alkanes of at least 4 members (excludes halogenated alkanes) is 30. The molecule has 0 aliphatic heterocycles. The predicted octanol–water partition coefficient (Wildman–Crippen LogP) is 23.6. The van der Waals surface area contributed by atoms with Gasteiger partial charge in [-0.15, -0.1) is 0 Å². The van der Waals surface area contributed by atoms with Gasteiger partial charge in [0, 0.05) is 19.3 Å². The summed E-state index contributed by atoms with van der Waals surface area (Å²) in [5, 5.41) is 0. The molecule has 0 saturated heterocycles. The molecule has 0 aromatic rings. The highest BCUT2D eigenvalue weighted by Crippen LogP contribution is 2.15. The van der Waals surface area contributed by atoms with Crippen molar-refractivity contribution in [3.05, 3.63) is 122 Å². The van der Waals surface area contributed by atoms with E-state index in [1.807, 2.05) is 0 Å². The molecule has 0 radical (unpaired) electrons. The van der Waals surface area contributed by atoms with Gasteiger partial charge in [0.15, 0.2) is 6.10 Å². The van der Waals surface area contributed by atoms with Gasteiger partial charge in [-0.1, -0.05) is 284 Å². The van der Waals surface area contributed by atoms with E-state index in [1.165, 1.54) is 135 Å². The lowest BCUT2D eigenvalue weighted by Crippen LogP contribution is -2.30. The molecule has 0 N–H and O–H groups in total. The van der Waals surface area contributed by atoms with Crippen LogP contribution in [0, 0.1) is 0 Å². The first-order chi connectivity index (χ1) is 40.0. The summed E-state index contributed by atoms with van der Waals surface area (Å²) in [5.74, 6) is -0.910. The number of carbonyl (C=O) groups is 3. The molecule has 0 aliphatic carbocycles. The minimum Gasteiger partial charge on any atom is -0.462 e. The van der Waals surface area contributed by atoms with Crippen LogP contribution in [0.25, 0.3) is 0 Å². The van der Waals surface area contributed by atoms with Crippen LogP contribution in [0.4, 0.5) is 0 Å². The van der Waals surface area contributed by atoms with Crippen LogP contribution in [0.3, 0.4) is 0 Å². The number of hydrogen-bond donors (Lipinski definition) is 0. The Morgan fingerprint density at radius 2 is 0.481 bits per heavy atom. The molecule has 0 aromatic heterocycles. The molecule has 0 amide bonds. The number of rotatable bonds is 61. The van der Waals surface area contributed by atoms with Crippen molar-refractivity contribution >= 4 is 17.9 Å². The molecule has 6 heteroatoms. The monoisotopic (exact) mass is 1120 g/mol. The van der Waals surface area contributed by atoms with Crippen molar-refractivity contribution in [2.45, 2.75) is 322 Å². The summed E-state index contributed by atoms with van der Waals surface area (Å²) in [6, 6.07) is 0. The molecule has 0 rings (SSSR count). The van der Waals surface area contributed by atoms with E-state index in [-0.39, 0.29) is 31.1 Å². The van der Waals surface area contributed by atoms with Crippen LogP contribution in [0.1, 0.15) is 316 Å². The topological polar surface area (TPSA) is 78.9 Å². The van der Waals surface area contributed by atoms with E-state index in [2.05, 4.69) is 142 Å². The smallest absolute Gasteiger partial charge is 0.306 e. The first-order valence-corrected chi connectivity index (χ1v) is 34.0. The maximum Gasteiger partial charge on any atom is 0.306 e. The second-order valence-electron chi connectivity index (χ2n) is 22.3. The zero-order chi connectivity index (χ0) is 58.5. The lowest BCUT2D eigenvalue weighted by Gasteiger charge is -2.18. The summed E-state index contributed by atoms with van der Waals surface area (Å²) >= 11 is 0. The summed E-state index contributed by atoms with van der Waals surface area (Å²) in [7, 11) is 0. The molecule has 81 heavy (non-hydrogen) atoms. The molecule has 0 bridgehead atoms. The largest absolute Gasteiger partial charge is 0.462 e. The Labute approximate surface area is 501 Å². The van der Waals surface area contributed by atoms with Crippen LogP contribution in [0.5, 0.6) is 0 Å². The third-order valence-corrected chi connectivity index (χ3v) is 14.4. The third kappa shape index (κ3) is 66.5. The Morgan fingerprint density at radius 1 is 0.259 bits per heavy atom. The Bertz CT molecular complexity index is 1670. The molecular formula is C75H126O6. The fraction of sp³-hybridized carbons (Fsp3) is 0.693. The van der Waals surface area contributed by atoms with Gasteiger partial charge in [-0.2, -0.15) is 0 Å². The van der Waals surface area contributed by atoms with E-state index < -0.39 is 6.10 Å². The van der Waals surface area contributed by atoms with E-state index >= 15 is 0 Å². The van der Waals surface area contributed by atoms with Crippen LogP contribution in [-0.4, -0.2) is 37.2 Å². The fourth-order valence-electron chi connectivity index (χ4n) is 9.33. The molecule has 6 nitrogen and oxygen atoms in total. The standard InChI is InChI=1S/C75H126O6/c1-4-7-10-13-16-19-22-25-28-31-32-33-34-35-36-37-38-39-40-41-42-43-44-45-48-50-53-56-59-62-65-68-74(77)80-71-72(81-75(78)69-66-63-60-57-54-51-47-30-27-24-21-18-15-12-9-6-3)70-79-73(76)67-64-61-58-55-52-49-46-29-26-23-20-17-14-11-8-5-2/h7,10,16,19,21,24-25,28-30,32-33,35-36,38-39,41-42,46-47,72H,4-6,8-9,11-15,17-18,20,22-23,26-27,31,34,37,40,43-45,48-71H2,1-3H3/b10-7-,19-16-,24-21-,28-25-,33-32-,36-35-,39-38-,42-41-,46-29-,47-30-. The summed E-state index contributed by atoms with van der Waals surface area (Å²) in [6.45, 7) is 6.50. The minimum absolute atomic E-state index is 0.0902. The molecule has 1 unspecified atom stereocenters. The van der Waals surface area contributed by atoms with Gasteiger partial charge in [0.25, 0.3) is 0 Å². The summed E-state index contributed by atoms with van der Waals surface area (Å²) in [4.78, 5) is 38.4. The Morgan fingerprint density at radius 3 is 0.778 bits per heavy atom. The van der Waals surface area contributed by atoms with E-state index in [0.717, 1.165) is 141 Å². The van der Waals surface area contributed by atoms with Gasteiger partial charge in [0.1, 0.15) is 13.2 Å². The fourth-order valence-corrected chi connectivity index (χ4v) is 9.33. The second-order valence-corrected chi connectivity index (χ2v) is 22.3. The van der Waals surface area contributed by atoms with E-state index in [0.29, 0.717) is 19.3 Å². The number of ether oxygens (including phenoxy) is 3. The predicted molar refractivity (Wildman–Crippen MR) is 353 cm³/mol. The highest BCUT2D eigenvalue weighted by atomic mass is 16.6. The highest BCUT2D eigenvalue weighted by Gasteiger charge is 2.19. The summed E-state index contributed by atoms with van der Waals surface area (Å²) in [5.41, 5.74) is 0. The maximum absolute atomic E-state index is 12.9.